The molecule has 0 atom stereocenters. The summed E-state index contributed by atoms with van der Waals surface area (Å²) in [5.41, 5.74) is 0. The smallest absolute Gasteiger partial charge is 0.130 e. The Bertz CT molecular complexity index is 65.1. The molecule has 0 rings (SSSR count). The Morgan fingerprint density at radius 3 is 1.56 bits per heavy atom. The average Bonchev–Trinajstić information content (AvgIpc) is 1.96. The molecule has 2 N–H and O–H groups in total. The first-order chi connectivity index (χ1) is 3.91. The third kappa shape index (κ3) is 16600. The summed E-state index contributed by atoms with van der Waals surface area (Å²) < 4.78 is 0. The maximum absolute atomic E-state index is 7.51. The molecule has 0 saturated carbocycles. The average molecular weight is 132 g/mol. The lowest BCUT2D eigenvalue weighted by atomic mass is 10.9. The van der Waals surface area contributed by atoms with E-state index in [1.54, 1.807) is 0 Å². The van der Waals surface area contributed by atoms with E-state index in [2.05, 4.69) is 6.57 Å². The van der Waals surface area contributed by atoms with Gasteiger partial charge in [0.1, 0.15) is 6.61 Å². The number of aliphatic hydroxyl groups excluding tert-OH is 2. The maximum atomic E-state index is 7.51. The van der Waals surface area contributed by atoms with Gasteiger partial charge in [-0.3, -0.25) is 0 Å². The third-order valence-corrected chi connectivity index (χ3v) is 0.0707. The van der Waals surface area contributed by atoms with Crippen molar-refractivity contribution >= 4 is 0 Å². The summed E-state index contributed by atoms with van der Waals surface area (Å²) >= 11 is 0. The molecule has 4 nitrogen and oxygen atoms in total. The largest absolute Gasteiger partial charge is 0.400 e. The normalized spacial score (nSPS) is 3.11. The molecule has 0 aromatic carbocycles. The number of rotatable bonds is 0. The zero-order valence-electron chi connectivity index (χ0n) is 4.57. The van der Waals surface area contributed by atoms with Gasteiger partial charge in [-0.1, -0.05) is 7.43 Å². The molecule has 0 aliphatic carbocycles. The molecule has 0 aliphatic rings. The summed E-state index contributed by atoms with van der Waals surface area (Å²) in [6, 6.07) is 1.49. The Balaban J connectivity index is -0.0000000221. The van der Waals surface area contributed by atoms with E-state index in [1.165, 1.54) is 6.07 Å². The van der Waals surface area contributed by atoms with Gasteiger partial charge in [-0.25, -0.2) is 5.26 Å². The summed E-state index contributed by atoms with van der Waals surface area (Å²) in [6.45, 7) is 3.12. The van der Waals surface area contributed by atoms with Gasteiger partial charge in [-0.05, 0) is 0 Å². The van der Waals surface area contributed by atoms with Crippen LogP contribution in [0, 0.1) is 23.2 Å². The minimum Gasteiger partial charge on any atom is -0.400 e. The van der Waals surface area contributed by atoms with Crippen molar-refractivity contribution in [1.82, 2.24) is 0 Å². The molecule has 0 spiro atoms. The highest BCUT2D eigenvalue weighted by Crippen LogP contribution is 1.34. The molecule has 0 radical (unpaired) electrons. The molecule has 0 aromatic rings. The van der Waals surface area contributed by atoms with E-state index in [4.69, 9.17) is 20.7 Å². The van der Waals surface area contributed by atoms with E-state index in [-0.39, 0.29) is 14.0 Å². The highest BCUT2D eigenvalue weighted by atomic mass is 16.2. The van der Waals surface area contributed by atoms with Crippen LogP contribution in [0.5, 0.6) is 0 Å². The predicted octanol–water partition coefficient (Wildman–Crippen LogP) is -0.113. The van der Waals surface area contributed by atoms with E-state index < -0.39 is 0 Å². The van der Waals surface area contributed by atoms with Crippen molar-refractivity contribution in [1.29, 1.82) is 10.5 Å². The molecule has 0 heterocycles. The molecule has 0 bridgehead atoms. The lowest BCUT2D eigenvalue weighted by molar-refractivity contribution is 0.348. The van der Waals surface area contributed by atoms with Gasteiger partial charge >= 0.3 is 0 Å². The Morgan fingerprint density at radius 1 is 1.44 bits per heavy atom. The second kappa shape index (κ2) is 297. The fraction of sp³-hybridized carbons (Fsp3) is 0.600. The minimum atomic E-state index is -0.375. The van der Waals surface area contributed by atoms with E-state index >= 15 is 0 Å². The first-order valence-corrected chi connectivity index (χ1v) is 1.60. The Morgan fingerprint density at radius 2 is 1.56 bits per heavy atom. The summed E-state index contributed by atoms with van der Waals surface area (Å²) in [6.07, 6.45) is 0. The van der Waals surface area contributed by atoms with Crippen molar-refractivity contribution < 1.29 is 10.2 Å². The van der Waals surface area contributed by atoms with Crippen LogP contribution in [-0.4, -0.2) is 23.9 Å². The fourth-order valence-corrected chi connectivity index (χ4v) is 0. The number of nitriles is 2. The van der Waals surface area contributed by atoms with Gasteiger partial charge in [-0.15, -0.1) is 0 Å². The molecular weight excluding hydrogens is 120 g/mol. The first-order valence-electron chi connectivity index (χ1n) is 1.60. The van der Waals surface area contributed by atoms with Gasteiger partial charge in [0.15, 0.2) is 0 Å². The van der Waals surface area contributed by atoms with Gasteiger partial charge in [0.25, 0.3) is 0 Å². The molecule has 9 heavy (non-hydrogen) atoms. The quantitative estimate of drug-likeness (QED) is 0.450. The highest BCUT2D eigenvalue weighted by molar-refractivity contribution is 4.63. The van der Waals surface area contributed by atoms with E-state index in [0.717, 1.165) is 7.11 Å². The Labute approximate surface area is 55.6 Å². The lowest BCUT2D eigenvalue weighted by Crippen LogP contribution is -1.64. The lowest BCUT2D eigenvalue weighted by Gasteiger charge is -1.50. The van der Waals surface area contributed by atoms with Crippen molar-refractivity contribution in [3.05, 3.63) is 0 Å². The van der Waals surface area contributed by atoms with Gasteiger partial charge in [-0.2, -0.15) is 5.26 Å². The molecule has 0 saturated heterocycles. The number of hydrogen-bond acceptors (Lipinski definition) is 4. The molecular formula is C5H12N2O2. The number of aliphatic hydroxyl groups is 2. The fourth-order valence-electron chi connectivity index (χ4n) is 0. The summed E-state index contributed by atoms with van der Waals surface area (Å²) in [7, 11) is 1.00. The molecule has 0 unspecified atom stereocenters. The first kappa shape index (κ1) is 24.7. The van der Waals surface area contributed by atoms with Crippen LogP contribution in [0.15, 0.2) is 0 Å². The van der Waals surface area contributed by atoms with Crippen molar-refractivity contribution in [3.8, 4) is 12.6 Å². The van der Waals surface area contributed by atoms with Gasteiger partial charge < -0.3 is 10.2 Å². The maximum Gasteiger partial charge on any atom is 0.130 e. The second-order valence-electron chi connectivity index (χ2n) is 0.316. The zero-order chi connectivity index (χ0) is 7.41. The molecule has 0 amide bonds. The Hall–Kier alpha value is -1.10. The minimum absolute atomic E-state index is 0. The van der Waals surface area contributed by atoms with Crippen LogP contribution in [-0.2, 0) is 0 Å². The van der Waals surface area contributed by atoms with Crippen LogP contribution < -0.4 is 0 Å². The van der Waals surface area contributed by atoms with Crippen LogP contribution >= 0.6 is 0 Å². The number of nitrogens with zero attached hydrogens (tertiary/aromatic N) is 2. The third-order valence-electron chi connectivity index (χ3n) is 0.0707. The zero-order valence-corrected chi connectivity index (χ0v) is 4.57. The van der Waals surface area contributed by atoms with E-state index in [0.29, 0.717) is 0 Å². The van der Waals surface area contributed by atoms with Crippen LogP contribution in [0.2, 0.25) is 0 Å². The second-order valence-corrected chi connectivity index (χ2v) is 0.316. The van der Waals surface area contributed by atoms with Crippen LogP contribution in [0.1, 0.15) is 7.43 Å². The van der Waals surface area contributed by atoms with E-state index in [9.17, 15) is 0 Å². The van der Waals surface area contributed by atoms with Crippen molar-refractivity contribution in [3.63, 3.8) is 0 Å². The molecule has 54 valence electrons. The molecule has 0 aliphatic heterocycles. The van der Waals surface area contributed by atoms with Crippen molar-refractivity contribution in [2.75, 3.05) is 13.7 Å². The summed E-state index contributed by atoms with van der Waals surface area (Å²) in [5.74, 6) is 0. The monoisotopic (exact) mass is 132 g/mol. The highest BCUT2D eigenvalue weighted by Gasteiger charge is 1.49. The van der Waals surface area contributed by atoms with Crippen LogP contribution in [0.3, 0.4) is 0 Å². The van der Waals surface area contributed by atoms with Crippen LogP contribution in [0.4, 0.5) is 0 Å². The van der Waals surface area contributed by atoms with Gasteiger partial charge in [0.05, 0.1) is 6.07 Å². The van der Waals surface area contributed by atoms with E-state index in [1.807, 2.05) is 0 Å². The number of hydrogen-bond donors (Lipinski definition) is 2. The van der Waals surface area contributed by atoms with Crippen molar-refractivity contribution in [2.24, 2.45) is 0 Å². The SMILES string of the molecule is C.C#N.CO.N#CCO. The topological polar surface area (TPSA) is 88.0 Å². The molecule has 4 heteroatoms. The molecule has 0 aromatic heterocycles. The standard InChI is InChI=1S/C2H3NO.CHN.CH4O.CH4/c3-1-2-4;2*1-2;/h4H,2H2;1H;2H,1H3;1H4. The van der Waals surface area contributed by atoms with Gasteiger partial charge in [0.2, 0.25) is 0 Å². The van der Waals surface area contributed by atoms with Gasteiger partial charge in [0, 0.05) is 13.7 Å². The summed E-state index contributed by atoms with van der Waals surface area (Å²) in [4.78, 5) is 0. The summed E-state index contributed by atoms with van der Waals surface area (Å²) in [5, 5.41) is 28.4. The molecule has 0 fully saturated rings. The van der Waals surface area contributed by atoms with Crippen LogP contribution in [0.25, 0.3) is 0 Å². The van der Waals surface area contributed by atoms with Crippen molar-refractivity contribution in [2.45, 2.75) is 7.43 Å². The predicted molar refractivity (Wildman–Crippen MR) is 34.2 cm³/mol. The Kier molecular flexibility index (Phi) is 815.